The molecule has 1 fully saturated rings. The lowest BCUT2D eigenvalue weighted by atomic mass is 10.2. The van der Waals surface area contributed by atoms with Crippen LogP contribution in [-0.2, 0) is 0 Å². The molecule has 100 valence electrons. The highest BCUT2D eigenvalue weighted by Crippen LogP contribution is 2.21. The number of fused-ring (bicyclic) bond motifs is 1. The van der Waals surface area contributed by atoms with Crippen LogP contribution in [0.15, 0.2) is 36.8 Å². The summed E-state index contributed by atoms with van der Waals surface area (Å²) in [6.07, 6.45) is 5.56. The molecule has 6 heteroatoms. The maximum absolute atomic E-state index is 5.74. The first-order valence-corrected chi connectivity index (χ1v) is 6.52. The Hall–Kier alpha value is -2.47. The Balaban J connectivity index is 1.67. The van der Waals surface area contributed by atoms with Gasteiger partial charge in [-0.1, -0.05) is 0 Å². The van der Waals surface area contributed by atoms with E-state index in [0.717, 1.165) is 29.7 Å². The zero-order valence-corrected chi connectivity index (χ0v) is 10.7. The maximum Gasteiger partial charge on any atom is 0.217 e. The van der Waals surface area contributed by atoms with Crippen molar-refractivity contribution < 1.29 is 4.74 Å². The Labute approximate surface area is 115 Å². The first-order valence-electron chi connectivity index (χ1n) is 6.52. The first kappa shape index (κ1) is 11.4. The Morgan fingerprint density at radius 2 is 2.15 bits per heavy atom. The van der Waals surface area contributed by atoms with E-state index in [1.807, 2.05) is 18.3 Å². The third-order valence-electron chi connectivity index (χ3n) is 3.32. The molecule has 4 heterocycles. The van der Waals surface area contributed by atoms with E-state index in [9.17, 15) is 0 Å². The van der Waals surface area contributed by atoms with Gasteiger partial charge < -0.3 is 15.0 Å². The van der Waals surface area contributed by atoms with Crippen molar-refractivity contribution in [2.75, 3.05) is 13.1 Å². The van der Waals surface area contributed by atoms with Crippen molar-refractivity contribution in [2.24, 2.45) is 0 Å². The van der Waals surface area contributed by atoms with E-state index in [4.69, 9.17) is 4.74 Å². The summed E-state index contributed by atoms with van der Waals surface area (Å²) in [6, 6.07) is 5.78. The lowest BCUT2D eigenvalue weighted by Crippen LogP contribution is -2.50. The highest BCUT2D eigenvalue weighted by molar-refractivity contribution is 5.79. The van der Waals surface area contributed by atoms with Crippen molar-refractivity contribution >= 4 is 11.0 Å². The molecule has 1 aliphatic heterocycles. The number of ether oxygens (including phenoxy) is 1. The number of aromatic nitrogens is 4. The van der Waals surface area contributed by atoms with Gasteiger partial charge in [0, 0.05) is 48.7 Å². The van der Waals surface area contributed by atoms with E-state index in [2.05, 4.69) is 25.3 Å². The summed E-state index contributed by atoms with van der Waals surface area (Å²) in [6.45, 7) is 1.74. The van der Waals surface area contributed by atoms with E-state index in [1.54, 1.807) is 18.5 Å². The number of aromatic amines is 1. The fourth-order valence-corrected chi connectivity index (χ4v) is 2.13. The van der Waals surface area contributed by atoms with Gasteiger partial charge in [0.15, 0.2) is 5.82 Å². The molecule has 0 spiro atoms. The van der Waals surface area contributed by atoms with Crippen LogP contribution >= 0.6 is 0 Å². The maximum atomic E-state index is 5.74. The zero-order valence-electron chi connectivity index (χ0n) is 10.7. The summed E-state index contributed by atoms with van der Waals surface area (Å²) in [5.74, 6) is 1.24. The van der Waals surface area contributed by atoms with Gasteiger partial charge in [-0.05, 0) is 12.1 Å². The minimum atomic E-state index is 0.211. The Morgan fingerprint density at radius 1 is 1.20 bits per heavy atom. The molecule has 4 rings (SSSR count). The fraction of sp³-hybridized carbons (Fsp3) is 0.214. The fourth-order valence-electron chi connectivity index (χ4n) is 2.13. The Bertz CT molecular complexity index is 750. The van der Waals surface area contributed by atoms with Crippen molar-refractivity contribution in [3.8, 4) is 17.3 Å². The number of nitrogens with zero attached hydrogens (tertiary/aromatic N) is 3. The van der Waals surface area contributed by atoms with Gasteiger partial charge in [-0.3, -0.25) is 0 Å². The van der Waals surface area contributed by atoms with Gasteiger partial charge in [0.2, 0.25) is 5.88 Å². The minimum absolute atomic E-state index is 0.211. The number of rotatable bonds is 3. The van der Waals surface area contributed by atoms with Crippen LogP contribution in [0.25, 0.3) is 22.4 Å². The monoisotopic (exact) mass is 267 g/mol. The molecular weight excluding hydrogens is 254 g/mol. The summed E-state index contributed by atoms with van der Waals surface area (Å²) in [5.41, 5.74) is 1.75. The molecule has 0 saturated carbocycles. The van der Waals surface area contributed by atoms with Crippen LogP contribution in [0.4, 0.5) is 0 Å². The SMILES string of the molecule is c1cc(OC2CNC2)nc(-c2cnc3[nH]ccc3c2)n1. The predicted molar refractivity (Wildman–Crippen MR) is 74.4 cm³/mol. The van der Waals surface area contributed by atoms with Gasteiger partial charge >= 0.3 is 0 Å². The quantitative estimate of drug-likeness (QED) is 0.749. The van der Waals surface area contributed by atoms with Crippen LogP contribution in [-0.4, -0.2) is 39.1 Å². The molecule has 0 unspecified atom stereocenters. The second kappa shape index (κ2) is 4.57. The van der Waals surface area contributed by atoms with Crippen molar-refractivity contribution in [3.05, 3.63) is 36.8 Å². The Morgan fingerprint density at radius 3 is 3.00 bits per heavy atom. The number of pyridine rings is 1. The molecule has 0 radical (unpaired) electrons. The van der Waals surface area contributed by atoms with Gasteiger partial charge in [-0.25, -0.2) is 9.97 Å². The van der Waals surface area contributed by atoms with Gasteiger partial charge in [0.05, 0.1) is 0 Å². The van der Waals surface area contributed by atoms with E-state index in [-0.39, 0.29) is 6.10 Å². The summed E-state index contributed by atoms with van der Waals surface area (Å²) in [4.78, 5) is 16.2. The molecule has 2 N–H and O–H groups in total. The van der Waals surface area contributed by atoms with Crippen LogP contribution in [0.1, 0.15) is 0 Å². The Kier molecular flexibility index (Phi) is 2.60. The predicted octanol–water partition coefficient (Wildman–Crippen LogP) is 1.37. The number of nitrogens with one attached hydrogen (secondary N) is 2. The second-order valence-electron chi connectivity index (χ2n) is 4.76. The smallest absolute Gasteiger partial charge is 0.217 e. The van der Waals surface area contributed by atoms with E-state index >= 15 is 0 Å². The van der Waals surface area contributed by atoms with Crippen LogP contribution < -0.4 is 10.1 Å². The van der Waals surface area contributed by atoms with E-state index in [1.165, 1.54) is 0 Å². The van der Waals surface area contributed by atoms with Crippen LogP contribution in [0.5, 0.6) is 5.88 Å². The second-order valence-corrected chi connectivity index (χ2v) is 4.76. The molecule has 3 aromatic heterocycles. The normalized spacial score (nSPS) is 15.2. The van der Waals surface area contributed by atoms with Gasteiger partial charge in [-0.2, -0.15) is 4.98 Å². The highest BCUT2D eigenvalue weighted by atomic mass is 16.5. The number of hydrogen-bond acceptors (Lipinski definition) is 5. The van der Waals surface area contributed by atoms with Crippen molar-refractivity contribution in [1.82, 2.24) is 25.3 Å². The molecule has 0 bridgehead atoms. The summed E-state index contributed by atoms with van der Waals surface area (Å²) < 4.78 is 5.74. The molecule has 20 heavy (non-hydrogen) atoms. The number of H-pyrrole nitrogens is 1. The highest BCUT2D eigenvalue weighted by Gasteiger charge is 2.19. The lowest BCUT2D eigenvalue weighted by molar-refractivity contribution is 0.136. The summed E-state index contributed by atoms with van der Waals surface area (Å²) >= 11 is 0. The average molecular weight is 267 g/mol. The molecule has 0 aliphatic carbocycles. The standard InChI is InChI=1S/C14H13N5O/c1-3-16-13-9(1)5-10(6-18-13)14-17-4-2-12(19-14)20-11-7-15-8-11/h1-6,11,15H,7-8H2,(H,16,18). The van der Waals surface area contributed by atoms with Crippen molar-refractivity contribution in [3.63, 3.8) is 0 Å². The summed E-state index contributed by atoms with van der Waals surface area (Å²) in [5, 5.41) is 4.21. The molecule has 0 aromatic carbocycles. The van der Waals surface area contributed by atoms with Gasteiger partial charge in [0.25, 0.3) is 0 Å². The average Bonchev–Trinajstić information content (AvgIpc) is 2.90. The van der Waals surface area contributed by atoms with Gasteiger partial charge in [0.1, 0.15) is 11.8 Å². The lowest BCUT2D eigenvalue weighted by Gasteiger charge is -2.27. The first-order chi connectivity index (χ1) is 9.88. The number of hydrogen-bond donors (Lipinski definition) is 2. The van der Waals surface area contributed by atoms with Gasteiger partial charge in [-0.15, -0.1) is 0 Å². The van der Waals surface area contributed by atoms with Crippen LogP contribution in [0, 0.1) is 0 Å². The molecule has 3 aromatic rings. The van der Waals surface area contributed by atoms with E-state index in [0.29, 0.717) is 11.7 Å². The zero-order chi connectivity index (χ0) is 13.4. The molecule has 1 saturated heterocycles. The minimum Gasteiger partial charge on any atom is -0.472 e. The molecular formula is C14H13N5O. The molecule has 0 atom stereocenters. The molecule has 6 nitrogen and oxygen atoms in total. The van der Waals surface area contributed by atoms with E-state index < -0.39 is 0 Å². The topological polar surface area (TPSA) is 75.7 Å². The molecule has 0 amide bonds. The molecule has 1 aliphatic rings. The third-order valence-corrected chi connectivity index (χ3v) is 3.32. The van der Waals surface area contributed by atoms with Crippen LogP contribution in [0.2, 0.25) is 0 Å². The van der Waals surface area contributed by atoms with Crippen molar-refractivity contribution in [2.45, 2.75) is 6.10 Å². The summed E-state index contributed by atoms with van der Waals surface area (Å²) in [7, 11) is 0. The van der Waals surface area contributed by atoms with Crippen LogP contribution in [0.3, 0.4) is 0 Å². The largest absolute Gasteiger partial charge is 0.472 e. The van der Waals surface area contributed by atoms with Crippen molar-refractivity contribution in [1.29, 1.82) is 0 Å². The third kappa shape index (κ3) is 2.00.